The van der Waals surface area contributed by atoms with Gasteiger partial charge in [0.25, 0.3) is 5.91 Å². The van der Waals surface area contributed by atoms with Gasteiger partial charge in [-0.05, 0) is 6.42 Å². The number of hydrogen-bond donors (Lipinski definition) is 1. The molecule has 6 nitrogen and oxygen atoms in total. The van der Waals surface area contributed by atoms with Gasteiger partial charge in [-0.25, -0.2) is 4.98 Å². The fourth-order valence-electron chi connectivity index (χ4n) is 2.35. The molecule has 130 valence electrons. The molecule has 1 aliphatic heterocycles. The topological polar surface area (TPSA) is 77.2 Å². The summed E-state index contributed by atoms with van der Waals surface area (Å²) in [6.45, 7) is 2.48. The van der Waals surface area contributed by atoms with Crippen molar-refractivity contribution >= 4 is 17.2 Å². The fourth-order valence-corrected chi connectivity index (χ4v) is 3.31. The van der Waals surface area contributed by atoms with E-state index in [4.69, 9.17) is 9.26 Å². The lowest BCUT2D eigenvalue weighted by Crippen LogP contribution is -2.29. The van der Waals surface area contributed by atoms with Crippen LogP contribution in [-0.2, 0) is 23.9 Å². The molecule has 10 heteroatoms. The number of aromatic nitrogens is 2. The molecule has 1 N–H and O–H groups in total. The van der Waals surface area contributed by atoms with Crippen molar-refractivity contribution in [2.24, 2.45) is 0 Å². The quantitative estimate of drug-likeness (QED) is 0.905. The molecule has 2 aromatic rings. The van der Waals surface area contributed by atoms with Gasteiger partial charge in [0, 0.05) is 11.8 Å². The van der Waals surface area contributed by atoms with Crippen LogP contribution in [0.25, 0.3) is 0 Å². The van der Waals surface area contributed by atoms with Gasteiger partial charge in [0.2, 0.25) is 0 Å². The second-order valence-electron chi connectivity index (χ2n) is 5.24. The molecular formula is C14H14F3N3O3S. The van der Waals surface area contributed by atoms with Gasteiger partial charge in [-0.15, -0.1) is 11.3 Å². The Morgan fingerprint density at radius 2 is 2.29 bits per heavy atom. The molecule has 1 atom stereocenters. The Labute approximate surface area is 139 Å². The third-order valence-electron chi connectivity index (χ3n) is 3.63. The molecule has 24 heavy (non-hydrogen) atoms. The number of rotatable bonds is 4. The van der Waals surface area contributed by atoms with Crippen molar-refractivity contribution in [3.05, 3.63) is 33.1 Å². The number of nitrogens with one attached hydrogen (secondary N) is 1. The number of nitrogens with zero attached hydrogens (tertiary/aromatic N) is 2. The maximum absolute atomic E-state index is 12.7. The summed E-state index contributed by atoms with van der Waals surface area (Å²) in [6, 6.07) is -0.629. The highest BCUT2D eigenvalue weighted by atomic mass is 32.1. The van der Waals surface area contributed by atoms with Crippen LogP contribution < -0.4 is 5.32 Å². The minimum Gasteiger partial charge on any atom is -0.376 e. The Bertz CT molecular complexity index is 741. The van der Waals surface area contributed by atoms with Crippen molar-refractivity contribution < 1.29 is 27.2 Å². The lowest BCUT2D eigenvalue weighted by Gasteiger charge is -2.15. The summed E-state index contributed by atoms with van der Waals surface area (Å²) in [5, 5.41) is 7.56. The third-order valence-corrected chi connectivity index (χ3v) is 4.59. The zero-order valence-corrected chi connectivity index (χ0v) is 13.5. The van der Waals surface area contributed by atoms with Crippen molar-refractivity contribution in [2.45, 2.75) is 38.6 Å². The Kier molecular flexibility index (Phi) is 4.59. The summed E-state index contributed by atoms with van der Waals surface area (Å²) in [5.74, 6) is 0.0918. The molecule has 0 radical (unpaired) electrons. The van der Waals surface area contributed by atoms with Gasteiger partial charge >= 0.3 is 6.18 Å². The fraction of sp³-hybridized carbons (Fsp3) is 0.500. The number of thiazole rings is 1. The molecule has 0 bridgehead atoms. The van der Waals surface area contributed by atoms with E-state index in [2.05, 4.69) is 15.5 Å². The van der Waals surface area contributed by atoms with Gasteiger partial charge in [-0.2, -0.15) is 13.2 Å². The normalized spacial score (nSPS) is 15.8. The van der Waals surface area contributed by atoms with E-state index in [-0.39, 0.29) is 17.3 Å². The molecule has 1 unspecified atom stereocenters. The Hall–Kier alpha value is -1.94. The van der Waals surface area contributed by atoms with Gasteiger partial charge < -0.3 is 14.6 Å². The Balaban J connectivity index is 1.77. The number of carbonyl (C=O) groups excluding carboxylic acids is 1. The highest BCUT2D eigenvalue weighted by Gasteiger charge is 2.35. The smallest absolute Gasteiger partial charge is 0.376 e. The number of alkyl halides is 3. The van der Waals surface area contributed by atoms with Gasteiger partial charge in [-0.3, -0.25) is 4.79 Å². The molecule has 0 saturated heterocycles. The van der Waals surface area contributed by atoms with E-state index < -0.39 is 23.8 Å². The Morgan fingerprint density at radius 3 is 2.96 bits per heavy atom. The van der Waals surface area contributed by atoms with Crippen molar-refractivity contribution in [3.63, 3.8) is 0 Å². The predicted octanol–water partition coefficient (Wildman–Crippen LogP) is 3.10. The monoisotopic (exact) mass is 361 g/mol. The van der Waals surface area contributed by atoms with Crippen molar-refractivity contribution in [3.8, 4) is 0 Å². The third kappa shape index (κ3) is 3.29. The van der Waals surface area contributed by atoms with E-state index in [1.807, 2.05) is 0 Å². The summed E-state index contributed by atoms with van der Waals surface area (Å²) in [7, 11) is 0. The maximum atomic E-state index is 12.7. The number of fused-ring (bicyclic) bond motifs is 1. The molecule has 3 rings (SSSR count). The van der Waals surface area contributed by atoms with E-state index in [1.165, 1.54) is 0 Å². The van der Waals surface area contributed by atoms with Crippen LogP contribution >= 0.6 is 11.3 Å². The van der Waals surface area contributed by atoms with E-state index in [1.54, 1.807) is 6.92 Å². The lowest BCUT2D eigenvalue weighted by atomic mass is 10.1. The van der Waals surface area contributed by atoms with E-state index in [9.17, 15) is 18.0 Å². The minimum atomic E-state index is -4.50. The molecule has 0 aliphatic carbocycles. The summed E-state index contributed by atoms with van der Waals surface area (Å²) >= 11 is 0.863. The second kappa shape index (κ2) is 6.52. The molecule has 2 aromatic heterocycles. The number of amides is 1. The first-order chi connectivity index (χ1) is 11.4. The average Bonchev–Trinajstić information content (AvgIpc) is 3.18. The number of halogens is 3. The van der Waals surface area contributed by atoms with E-state index in [0.717, 1.165) is 16.7 Å². The molecule has 0 fully saturated rings. The first-order valence-electron chi connectivity index (χ1n) is 7.28. The molecule has 0 aromatic carbocycles. The van der Waals surface area contributed by atoms with Crippen LogP contribution in [0.2, 0.25) is 0 Å². The van der Waals surface area contributed by atoms with E-state index in [0.29, 0.717) is 30.8 Å². The number of carbonyl (C=O) groups is 1. The van der Waals surface area contributed by atoms with Crippen LogP contribution in [0.5, 0.6) is 0 Å². The summed E-state index contributed by atoms with van der Waals surface area (Å²) in [6.07, 6.45) is -3.57. The van der Waals surface area contributed by atoms with Crippen LogP contribution in [0.15, 0.2) is 9.90 Å². The van der Waals surface area contributed by atoms with Crippen LogP contribution in [0, 0.1) is 0 Å². The Morgan fingerprint density at radius 1 is 1.50 bits per heavy atom. The molecule has 1 aliphatic rings. The molecule has 3 heterocycles. The minimum absolute atomic E-state index is 0.107. The number of hydrogen-bond acceptors (Lipinski definition) is 6. The number of ether oxygens (including phenoxy) is 1. The van der Waals surface area contributed by atoms with Crippen molar-refractivity contribution in [2.75, 3.05) is 6.61 Å². The second-order valence-corrected chi connectivity index (χ2v) is 6.13. The average molecular weight is 361 g/mol. The van der Waals surface area contributed by atoms with Gasteiger partial charge in [0.15, 0.2) is 11.4 Å². The van der Waals surface area contributed by atoms with Gasteiger partial charge in [0.05, 0.1) is 24.8 Å². The van der Waals surface area contributed by atoms with Gasteiger partial charge in [0.1, 0.15) is 10.8 Å². The van der Waals surface area contributed by atoms with Gasteiger partial charge in [-0.1, -0.05) is 12.1 Å². The largest absolute Gasteiger partial charge is 0.434 e. The predicted molar refractivity (Wildman–Crippen MR) is 77.5 cm³/mol. The van der Waals surface area contributed by atoms with Crippen LogP contribution in [0.3, 0.4) is 0 Å². The van der Waals surface area contributed by atoms with Crippen LogP contribution in [-0.4, -0.2) is 22.7 Å². The SMILES string of the molecule is CCC(NC(=O)c1noc2c1COCC2)c1nc(C(F)(F)F)cs1. The van der Waals surface area contributed by atoms with Crippen LogP contribution in [0.4, 0.5) is 13.2 Å². The van der Waals surface area contributed by atoms with Crippen molar-refractivity contribution in [1.82, 2.24) is 15.5 Å². The standard InChI is InChI=1S/C14H14F3N3O3S/c1-2-8(13-19-10(6-24-13)14(15,16)17)18-12(21)11-7-5-22-4-3-9(7)23-20-11/h6,8H,2-5H2,1H3,(H,18,21). The molecular weight excluding hydrogens is 347 g/mol. The maximum Gasteiger partial charge on any atom is 0.434 e. The van der Waals surface area contributed by atoms with Crippen LogP contribution in [0.1, 0.15) is 51.9 Å². The van der Waals surface area contributed by atoms with E-state index >= 15 is 0 Å². The first-order valence-corrected chi connectivity index (χ1v) is 8.16. The molecule has 1 amide bonds. The summed E-state index contributed by atoms with van der Waals surface area (Å²) < 4.78 is 48.4. The lowest BCUT2D eigenvalue weighted by molar-refractivity contribution is -0.140. The zero-order valence-electron chi connectivity index (χ0n) is 12.6. The summed E-state index contributed by atoms with van der Waals surface area (Å²) in [4.78, 5) is 16.0. The van der Waals surface area contributed by atoms with Crippen molar-refractivity contribution in [1.29, 1.82) is 0 Å². The summed E-state index contributed by atoms with van der Waals surface area (Å²) in [5.41, 5.74) is -0.262. The molecule has 0 spiro atoms. The highest BCUT2D eigenvalue weighted by molar-refractivity contribution is 7.09. The highest BCUT2D eigenvalue weighted by Crippen LogP contribution is 2.32. The first kappa shape index (κ1) is 16.9. The zero-order chi connectivity index (χ0) is 17.3. The molecule has 0 saturated carbocycles.